The second-order valence-electron chi connectivity index (χ2n) is 11.7. The topological polar surface area (TPSA) is 152 Å². The van der Waals surface area contributed by atoms with Crippen LogP contribution in [0.1, 0.15) is 68.7 Å². The van der Waals surface area contributed by atoms with E-state index < -0.39 is 58.9 Å². The number of nitrogens with zero attached hydrogens (tertiary/aromatic N) is 2. The molecule has 6 atom stereocenters. The highest BCUT2D eigenvalue weighted by Gasteiger charge is 2.64. The lowest BCUT2D eigenvalue weighted by atomic mass is 9.64. The van der Waals surface area contributed by atoms with E-state index in [0.717, 1.165) is 0 Å². The molecule has 0 aromatic heterocycles. The smallest absolute Gasteiger partial charge is 0.414 e. The van der Waals surface area contributed by atoms with Crippen molar-refractivity contribution in [2.45, 2.75) is 110 Å². The summed E-state index contributed by atoms with van der Waals surface area (Å²) < 4.78 is 22.9. The molecule has 0 aromatic rings. The van der Waals surface area contributed by atoms with E-state index in [1.165, 1.54) is 0 Å². The van der Waals surface area contributed by atoms with Crippen LogP contribution in [0.2, 0.25) is 0 Å². The van der Waals surface area contributed by atoms with Crippen molar-refractivity contribution in [2.24, 2.45) is 16.8 Å². The van der Waals surface area contributed by atoms with Crippen molar-refractivity contribution in [3.63, 3.8) is 0 Å². The Hall–Kier alpha value is -2.68. The Balaban J connectivity index is 2.66. The minimum absolute atomic E-state index is 0.0185. The van der Waals surface area contributed by atoms with Crippen molar-refractivity contribution in [3.05, 3.63) is 12.7 Å². The molecule has 0 aromatic carbocycles. The van der Waals surface area contributed by atoms with Gasteiger partial charge in [-0.1, -0.05) is 13.0 Å². The summed E-state index contributed by atoms with van der Waals surface area (Å²) in [6, 6.07) is 1.86. The molecule has 11 heteroatoms. The van der Waals surface area contributed by atoms with Gasteiger partial charge in [0.2, 0.25) is 5.96 Å². The van der Waals surface area contributed by atoms with Crippen LogP contribution in [0.25, 0.3) is 0 Å². The minimum Gasteiger partial charge on any atom is -0.444 e. The van der Waals surface area contributed by atoms with Crippen LogP contribution in [0.5, 0.6) is 0 Å². The molecule has 0 radical (unpaired) electrons. The highest BCUT2D eigenvalue weighted by atomic mass is 16.8. The summed E-state index contributed by atoms with van der Waals surface area (Å²) in [6.07, 6.45) is -2.88. The predicted octanol–water partition coefficient (Wildman–Crippen LogP) is 3.38. The Morgan fingerprint density at radius 1 is 1.14 bits per heavy atom. The van der Waals surface area contributed by atoms with Gasteiger partial charge in [0.15, 0.2) is 11.9 Å². The molecular formula is C25H40N4O7. The van der Waals surface area contributed by atoms with Crippen molar-refractivity contribution < 1.29 is 33.6 Å². The lowest BCUT2D eigenvalue weighted by Gasteiger charge is -2.48. The van der Waals surface area contributed by atoms with Crippen LogP contribution in [0.4, 0.5) is 9.59 Å². The number of aliphatic hydroxyl groups is 1. The van der Waals surface area contributed by atoms with Crippen LogP contribution in [0, 0.1) is 23.2 Å². The van der Waals surface area contributed by atoms with Crippen molar-refractivity contribution in [1.82, 2.24) is 10.6 Å². The first-order valence-electron chi connectivity index (χ1n) is 12.0. The van der Waals surface area contributed by atoms with Crippen molar-refractivity contribution in [2.75, 3.05) is 0 Å². The molecule has 1 aliphatic carbocycles. The molecule has 2 fully saturated rings. The Kier molecular flexibility index (Phi) is 8.50. The molecule has 2 rings (SSSR count). The number of fused-ring (bicyclic) bond motifs is 1. The number of aliphatic hydroxyl groups excluding tert-OH is 1. The zero-order valence-electron chi connectivity index (χ0n) is 22.7. The largest absolute Gasteiger partial charge is 0.444 e. The molecule has 1 heterocycles. The predicted molar refractivity (Wildman–Crippen MR) is 132 cm³/mol. The molecule has 202 valence electrons. The first kappa shape index (κ1) is 29.5. The molecule has 0 spiro atoms. The van der Waals surface area contributed by atoms with E-state index in [1.807, 2.05) is 13.0 Å². The standard InChI is InChI=1S/C25H40N4O7/c1-11-15-12-14(2)17-18(34-24(9,10)33-17)25(15,16(30)13-26)29-19(27-20(31)35-22(3,4)5)28-21(32)36-23(6,7)8/h11,14-18,30H,1,12H2,2-10H3,(H2,27,28,29,31,32)/t14-,15+,16-,17-,18-,25+/m1/s1. The fourth-order valence-electron chi connectivity index (χ4n) is 4.53. The Labute approximate surface area is 213 Å². The summed E-state index contributed by atoms with van der Waals surface area (Å²) in [5.74, 6) is -1.99. The number of carbonyl (C=O) groups is 2. The zero-order chi connectivity index (χ0) is 27.7. The van der Waals surface area contributed by atoms with E-state index in [0.29, 0.717) is 6.42 Å². The second kappa shape index (κ2) is 10.4. The van der Waals surface area contributed by atoms with Crippen LogP contribution in [0.3, 0.4) is 0 Å². The maximum Gasteiger partial charge on any atom is 0.414 e. The van der Waals surface area contributed by atoms with Gasteiger partial charge < -0.3 is 24.1 Å². The summed E-state index contributed by atoms with van der Waals surface area (Å²) >= 11 is 0. The van der Waals surface area contributed by atoms with Crippen LogP contribution in [-0.4, -0.2) is 64.1 Å². The highest BCUT2D eigenvalue weighted by molar-refractivity contribution is 6.01. The number of nitriles is 1. The number of aliphatic imine (C=N–C) groups is 1. The number of guanidine groups is 1. The van der Waals surface area contributed by atoms with E-state index in [9.17, 15) is 20.0 Å². The number of rotatable bonds is 3. The monoisotopic (exact) mass is 508 g/mol. The zero-order valence-corrected chi connectivity index (χ0v) is 22.7. The van der Waals surface area contributed by atoms with Crippen LogP contribution >= 0.6 is 0 Å². The number of hydrogen-bond donors (Lipinski definition) is 3. The number of amides is 2. The van der Waals surface area contributed by atoms with Gasteiger partial charge in [0.05, 0.1) is 12.2 Å². The van der Waals surface area contributed by atoms with Crippen LogP contribution in [-0.2, 0) is 18.9 Å². The third-order valence-corrected chi connectivity index (χ3v) is 5.75. The summed E-state index contributed by atoms with van der Waals surface area (Å²) in [5.41, 5.74) is -3.36. The molecule has 0 unspecified atom stereocenters. The molecule has 2 aliphatic rings. The number of carbonyl (C=O) groups excluding carboxylic acids is 2. The van der Waals surface area contributed by atoms with Gasteiger partial charge in [-0.05, 0) is 67.7 Å². The quantitative estimate of drug-likeness (QED) is 0.227. The Morgan fingerprint density at radius 3 is 2.06 bits per heavy atom. The van der Waals surface area contributed by atoms with Gasteiger partial charge in [0.25, 0.3) is 0 Å². The lowest BCUT2D eigenvalue weighted by molar-refractivity contribution is -0.155. The van der Waals surface area contributed by atoms with Gasteiger partial charge in [-0.3, -0.25) is 10.6 Å². The maximum atomic E-state index is 12.6. The fraction of sp³-hybridized carbons (Fsp3) is 0.760. The summed E-state index contributed by atoms with van der Waals surface area (Å²) in [5, 5.41) is 25.8. The van der Waals surface area contributed by atoms with Crippen molar-refractivity contribution in [3.8, 4) is 6.07 Å². The summed E-state index contributed by atoms with van der Waals surface area (Å²) in [6.45, 7) is 19.4. The Bertz CT molecular complexity index is 896. The normalized spacial score (nSPS) is 30.1. The maximum absolute atomic E-state index is 12.6. The van der Waals surface area contributed by atoms with Gasteiger partial charge in [0.1, 0.15) is 22.8 Å². The van der Waals surface area contributed by atoms with E-state index in [-0.39, 0.29) is 11.9 Å². The van der Waals surface area contributed by atoms with Gasteiger partial charge in [-0.2, -0.15) is 5.26 Å². The molecule has 3 N–H and O–H groups in total. The fourth-order valence-corrected chi connectivity index (χ4v) is 4.53. The summed E-state index contributed by atoms with van der Waals surface area (Å²) in [4.78, 5) is 29.9. The molecule has 1 saturated heterocycles. The van der Waals surface area contributed by atoms with E-state index in [1.54, 1.807) is 61.5 Å². The first-order valence-corrected chi connectivity index (χ1v) is 12.0. The third kappa shape index (κ3) is 6.96. The van der Waals surface area contributed by atoms with E-state index in [4.69, 9.17) is 18.9 Å². The van der Waals surface area contributed by atoms with Gasteiger partial charge in [-0.25, -0.2) is 14.6 Å². The van der Waals surface area contributed by atoms with Crippen LogP contribution in [0.15, 0.2) is 17.6 Å². The second-order valence-corrected chi connectivity index (χ2v) is 11.7. The van der Waals surface area contributed by atoms with E-state index >= 15 is 0 Å². The number of alkyl carbamates (subject to hydrolysis) is 2. The van der Waals surface area contributed by atoms with Gasteiger partial charge in [0, 0.05) is 5.92 Å². The number of hydrogen-bond acceptors (Lipinski definition) is 9. The lowest BCUT2D eigenvalue weighted by Crippen LogP contribution is -2.64. The van der Waals surface area contributed by atoms with Crippen molar-refractivity contribution >= 4 is 18.1 Å². The van der Waals surface area contributed by atoms with E-state index in [2.05, 4.69) is 22.2 Å². The average Bonchev–Trinajstić information content (AvgIpc) is 3.02. The molecule has 0 bridgehead atoms. The molecule has 1 saturated carbocycles. The number of nitrogens with one attached hydrogen (secondary N) is 2. The summed E-state index contributed by atoms with van der Waals surface area (Å²) in [7, 11) is 0. The molecule has 2 amide bonds. The molecular weight excluding hydrogens is 468 g/mol. The molecule has 11 nitrogen and oxygen atoms in total. The molecule has 1 aliphatic heterocycles. The van der Waals surface area contributed by atoms with Gasteiger partial charge in [-0.15, -0.1) is 6.58 Å². The first-order chi connectivity index (χ1) is 16.3. The number of ether oxygens (including phenoxy) is 4. The van der Waals surface area contributed by atoms with Crippen LogP contribution < -0.4 is 10.6 Å². The SMILES string of the molecule is C=C[C@H]1C[C@@H](C)[C@H]2OC(C)(C)O[C@H]2[C@@]1(N=C(NC(=O)OC(C)(C)C)NC(=O)OC(C)(C)C)[C@H](O)C#N. The van der Waals surface area contributed by atoms with Crippen molar-refractivity contribution in [1.29, 1.82) is 5.26 Å². The third-order valence-electron chi connectivity index (χ3n) is 5.75. The highest BCUT2D eigenvalue weighted by Crippen LogP contribution is 2.50. The average molecular weight is 509 g/mol. The minimum atomic E-state index is -1.70. The van der Waals surface area contributed by atoms with Gasteiger partial charge >= 0.3 is 12.2 Å². The Morgan fingerprint density at radius 2 is 1.64 bits per heavy atom. The molecule has 36 heavy (non-hydrogen) atoms.